The Labute approximate surface area is 187 Å². The molecule has 0 unspecified atom stereocenters. The first kappa shape index (κ1) is 21.5. The van der Waals surface area contributed by atoms with Crippen LogP contribution in [0.2, 0.25) is 0 Å². The molecule has 0 atom stereocenters. The summed E-state index contributed by atoms with van der Waals surface area (Å²) in [5.41, 5.74) is 1.64. The summed E-state index contributed by atoms with van der Waals surface area (Å²) in [5.74, 6) is 0.512. The van der Waals surface area contributed by atoms with Crippen LogP contribution in [0, 0.1) is 0 Å². The Kier molecular flexibility index (Phi) is 7.46. The van der Waals surface area contributed by atoms with E-state index in [1.54, 1.807) is 36.3 Å². The van der Waals surface area contributed by atoms with Crippen LogP contribution < -0.4 is 10.1 Å². The number of benzene rings is 2. The van der Waals surface area contributed by atoms with Crippen LogP contribution in [0.3, 0.4) is 0 Å². The Hall–Kier alpha value is -2.16. The van der Waals surface area contributed by atoms with Gasteiger partial charge in [0, 0.05) is 23.1 Å². The van der Waals surface area contributed by atoms with Crippen molar-refractivity contribution in [1.82, 2.24) is 4.90 Å². The molecule has 29 heavy (non-hydrogen) atoms. The van der Waals surface area contributed by atoms with Gasteiger partial charge in [0.1, 0.15) is 10.1 Å². The van der Waals surface area contributed by atoms with Crippen LogP contribution in [0.15, 0.2) is 57.9 Å². The Morgan fingerprint density at radius 3 is 2.55 bits per heavy atom. The lowest BCUT2D eigenvalue weighted by Gasteiger charge is -2.14. The predicted octanol–water partition coefficient (Wildman–Crippen LogP) is 5.08. The van der Waals surface area contributed by atoms with E-state index in [0.717, 1.165) is 15.8 Å². The number of nitrogens with one attached hydrogen (secondary N) is 1. The second-order valence-corrected chi connectivity index (χ2v) is 8.86. The van der Waals surface area contributed by atoms with Gasteiger partial charge in [-0.1, -0.05) is 52.0 Å². The molecule has 150 valence electrons. The summed E-state index contributed by atoms with van der Waals surface area (Å²) < 4.78 is 6.60. The van der Waals surface area contributed by atoms with E-state index in [0.29, 0.717) is 34.3 Å². The quantitative estimate of drug-likeness (QED) is 0.433. The number of ether oxygens (including phenoxy) is 1. The fraction of sp³-hybridized carbons (Fsp3) is 0.190. The number of carbonyl (C=O) groups is 2. The molecule has 1 aliphatic heterocycles. The molecule has 0 saturated carbocycles. The number of amides is 2. The van der Waals surface area contributed by atoms with Crippen LogP contribution in [0.1, 0.15) is 18.4 Å². The summed E-state index contributed by atoms with van der Waals surface area (Å²) in [6.45, 7) is 0.415. The molecule has 3 rings (SSSR count). The molecule has 2 aromatic rings. The normalized spacial score (nSPS) is 15.1. The summed E-state index contributed by atoms with van der Waals surface area (Å²) in [4.78, 5) is 26.9. The number of thioether (sulfide) groups is 1. The molecule has 8 heteroatoms. The number of anilines is 1. The van der Waals surface area contributed by atoms with E-state index >= 15 is 0 Å². The average molecular weight is 491 g/mol. The molecule has 1 aliphatic rings. The van der Waals surface area contributed by atoms with Crippen molar-refractivity contribution >= 4 is 67.8 Å². The van der Waals surface area contributed by atoms with Crippen molar-refractivity contribution in [3.63, 3.8) is 0 Å². The maximum atomic E-state index is 12.6. The number of halogens is 1. The van der Waals surface area contributed by atoms with Gasteiger partial charge in [0.15, 0.2) is 0 Å². The van der Waals surface area contributed by atoms with E-state index in [1.807, 2.05) is 30.3 Å². The zero-order chi connectivity index (χ0) is 20.8. The summed E-state index contributed by atoms with van der Waals surface area (Å²) >= 11 is 10.0. The molecule has 1 fully saturated rings. The highest BCUT2D eigenvalue weighted by Gasteiger charge is 2.31. The fourth-order valence-corrected chi connectivity index (χ4v) is 4.27. The highest BCUT2D eigenvalue weighted by atomic mass is 79.9. The molecule has 5 nitrogen and oxygen atoms in total. The highest BCUT2D eigenvalue weighted by molar-refractivity contribution is 9.10. The van der Waals surface area contributed by atoms with E-state index in [-0.39, 0.29) is 11.8 Å². The molecule has 0 aromatic heterocycles. The number of methoxy groups -OCH3 is 1. The smallest absolute Gasteiger partial charge is 0.266 e. The SMILES string of the molecule is COc1ccc(NC(=O)CCCN2C(=O)/C(=C/c3ccc(Br)cc3)SC2=S)cc1. The number of nitrogens with zero attached hydrogens (tertiary/aromatic N) is 1. The van der Waals surface area contributed by atoms with Gasteiger partial charge < -0.3 is 10.1 Å². The lowest BCUT2D eigenvalue weighted by atomic mass is 10.2. The molecule has 1 N–H and O–H groups in total. The molecular formula is C21H19BrN2O3S2. The van der Waals surface area contributed by atoms with Gasteiger partial charge in [0.25, 0.3) is 5.91 Å². The molecule has 2 aromatic carbocycles. The second kappa shape index (κ2) is 10.0. The number of thiocarbonyl (C=S) groups is 1. The van der Waals surface area contributed by atoms with Gasteiger partial charge in [-0.05, 0) is 54.5 Å². The van der Waals surface area contributed by atoms with Gasteiger partial charge in [0.2, 0.25) is 5.91 Å². The molecule has 1 saturated heterocycles. The predicted molar refractivity (Wildman–Crippen MR) is 125 cm³/mol. The maximum absolute atomic E-state index is 12.6. The Morgan fingerprint density at radius 1 is 1.21 bits per heavy atom. The van der Waals surface area contributed by atoms with Crippen molar-refractivity contribution in [1.29, 1.82) is 0 Å². The molecule has 0 radical (unpaired) electrons. The zero-order valence-corrected chi connectivity index (χ0v) is 18.9. The minimum Gasteiger partial charge on any atom is -0.497 e. The molecule has 0 spiro atoms. The van der Waals surface area contributed by atoms with Gasteiger partial charge in [-0.2, -0.15) is 0 Å². The fourth-order valence-electron chi connectivity index (χ4n) is 2.70. The summed E-state index contributed by atoms with van der Waals surface area (Å²) in [6.07, 6.45) is 2.66. The van der Waals surface area contributed by atoms with Crippen LogP contribution in [0.25, 0.3) is 6.08 Å². The second-order valence-electron chi connectivity index (χ2n) is 6.27. The van der Waals surface area contributed by atoms with Gasteiger partial charge in [-0.15, -0.1) is 0 Å². The first-order chi connectivity index (χ1) is 14.0. The van der Waals surface area contributed by atoms with Gasteiger partial charge in [-0.25, -0.2) is 0 Å². The summed E-state index contributed by atoms with van der Waals surface area (Å²) in [7, 11) is 1.59. The minimum absolute atomic E-state index is 0.106. The zero-order valence-electron chi connectivity index (χ0n) is 15.7. The third kappa shape index (κ3) is 5.91. The molecule has 1 heterocycles. The van der Waals surface area contributed by atoms with Crippen molar-refractivity contribution in [3.05, 3.63) is 63.5 Å². The lowest BCUT2D eigenvalue weighted by Crippen LogP contribution is -2.29. The van der Waals surface area contributed by atoms with Crippen molar-refractivity contribution in [3.8, 4) is 5.75 Å². The average Bonchev–Trinajstić information content (AvgIpc) is 2.97. The van der Waals surface area contributed by atoms with E-state index in [2.05, 4.69) is 21.2 Å². The van der Waals surface area contributed by atoms with Crippen molar-refractivity contribution in [2.45, 2.75) is 12.8 Å². The first-order valence-electron chi connectivity index (χ1n) is 8.91. The van der Waals surface area contributed by atoms with Crippen LogP contribution in [0.5, 0.6) is 5.75 Å². The van der Waals surface area contributed by atoms with E-state index < -0.39 is 0 Å². The Bertz CT molecular complexity index is 943. The van der Waals surface area contributed by atoms with Crippen molar-refractivity contribution in [2.75, 3.05) is 19.0 Å². The summed E-state index contributed by atoms with van der Waals surface area (Å²) in [6, 6.07) is 14.8. The van der Waals surface area contributed by atoms with Crippen LogP contribution in [0.4, 0.5) is 5.69 Å². The van der Waals surface area contributed by atoms with Crippen molar-refractivity contribution < 1.29 is 14.3 Å². The molecule has 0 bridgehead atoms. The van der Waals surface area contributed by atoms with E-state index in [9.17, 15) is 9.59 Å². The summed E-state index contributed by atoms with van der Waals surface area (Å²) in [5, 5.41) is 2.84. The molecule has 2 amide bonds. The molecule has 0 aliphatic carbocycles. The lowest BCUT2D eigenvalue weighted by molar-refractivity contribution is -0.122. The largest absolute Gasteiger partial charge is 0.497 e. The van der Waals surface area contributed by atoms with E-state index in [1.165, 1.54) is 11.8 Å². The van der Waals surface area contributed by atoms with Gasteiger partial charge in [0.05, 0.1) is 12.0 Å². The van der Waals surface area contributed by atoms with Crippen LogP contribution >= 0.6 is 39.9 Å². The topological polar surface area (TPSA) is 58.6 Å². The third-order valence-corrected chi connectivity index (χ3v) is 6.11. The van der Waals surface area contributed by atoms with Crippen LogP contribution in [-0.4, -0.2) is 34.7 Å². The van der Waals surface area contributed by atoms with E-state index in [4.69, 9.17) is 17.0 Å². The number of hydrogen-bond acceptors (Lipinski definition) is 5. The monoisotopic (exact) mass is 490 g/mol. The number of carbonyl (C=O) groups excluding carboxylic acids is 2. The highest BCUT2D eigenvalue weighted by Crippen LogP contribution is 2.32. The maximum Gasteiger partial charge on any atom is 0.266 e. The van der Waals surface area contributed by atoms with Crippen LogP contribution in [-0.2, 0) is 9.59 Å². The Morgan fingerprint density at radius 2 is 1.90 bits per heavy atom. The first-order valence-corrected chi connectivity index (χ1v) is 10.9. The standard InChI is InChI=1S/C21H19BrN2O3S2/c1-27-17-10-8-16(9-11-17)23-19(25)3-2-12-24-20(26)18(29-21(24)28)13-14-4-6-15(22)7-5-14/h4-11,13H,2-3,12H2,1H3,(H,23,25)/b18-13-. The third-order valence-electron chi connectivity index (χ3n) is 4.20. The van der Waals surface area contributed by atoms with Crippen molar-refractivity contribution in [2.24, 2.45) is 0 Å². The number of rotatable bonds is 7. The van der Waals surface area contributed by atoms with Gasteiger partial charge in [-0.3, -0.25) is 14.5 Å². The van der Waals surface area contributed by atoms with Gasteiger partial charge >= 0.3 is 0 Å². The number of hydrogen-bond donors (Lipinski definition) is 1. The molecular weight excluding hydrogens is 472 g/mol. The minimum atomic E-state index is -0.113. The Balaban J connectivity index is 1.51.